The Morgan fingerprint density at radius 2 is 1.92 bits per heavy atom. The lowest BCUT2D eigenvalue weighted by Gasteiger charge is -2.10. The quantitative estimate of drug-likeness (QED) is 0.216. The number of alkyl halides is 3. The third-order valence-corrected chi connectivity index (χ3v) is 7.28. The molecule has 1 amide bonds. The number of epoxide rings is 1. The summed E-state index contributed by atoms with van der Waals surface area (Å²) in [5.41, 5.74) is -0.609. The summed E-state index contributed by atoms with van der Waals surface area (Å²) in [5.74, 6) is 0.0111. The van der Waals surface area contributed by atoms with Crippen molar-refractivity contribution in [2.45, 2.75) is 31.5 Å². The third-order valence-electron chi connectivity index (χ3n) is 5.42. The number of ether oxygens (including phenoxy) is 1. The van der Waals surface area contributed by atoms with Crippen LogP contribution in [0.5, 0.6) is 0 Å². The van der Waals surface area contributed by atoms with Crippen molar-refractivity contribution >= 4 is 57.9 Å². The summed E-state index contributed by atoms with van der Waals surface area (Å²) < 4.78 is 45.0. The first kappa shape index (κ1) is 27.1. The number of carbonyl (C=O) groups is 1. The Labute approximate surface area is 233 Å². The van der Waals surface area contributed by atoms with Crippen LogP contribution in [0.15, 0.2) is 49.2 Å². The maximum Gasteiger partial charge on any atom is 0.418 e. The maximum absolute atomic E-state index is 13.1. The van der Waals surface area contributed by atoms with Crippen molar-refractivity contribution in [2.24, 2.45) is 0 Å². The van der Waals surface area contributed by atoms with E-state index in [0.29, 0.717) is 33.4 Å². The van der Waals surface area contributed by atoms with Crippen LogP contribution in [0, 0.1) is 0 Å². The van der Waals surface area contributed by atoms with Gasteiger partial charge in [0.2, 0.25) is 0 Å². The van der Waals surface area contributed by atoms with Gasteiger partial charge in [0.25, 0.3) is 5.91 Å². The molecule has 10 nitrogen and oxygen atoms in total. The minimum atomic E-state index is -4.69. The number of nitrogens with one attached hydrogen (secondary N) is 3. The van der Waals surface area contributed by atoms with Crippen molar-refractivity contribution in [3.63, 3.8) is 0 Å². The summed E-state index contributed by atoms with van der Waals surface area (Å²) in [6.45, 7) is 1.82. The van der Waals surface area contributed by atoms with E-state index in [1.54, 1.807) is 18.3 Å². The van der Waals surface area contributed by atoms with Gasteiger partial charge in [-0.2, -0.15) is 13.2 Å². The standard InChI is InChI=1S/C23H17Cl2F3N8O2S/c1-10(22-31-8-13(39-22)20(37)36-15-6-11(23(26,27)28)12(24)7-30-15)34-21-18(38-21)17-16(25)19(33-9-32-17)35-14-4-2-3-5-29-14/h2-10,18,21,34H,1H3,(H,30,36,37)(H,29,32,33,35). The van der Waals surface area contributed by atoms with Crippen LogP contribution in [0.2, 0.25) is 10.0 Å². The fraction of sp³-hybridized carbons (Fsp3) is 0.217. The second-order valence-corrected chi connectivity index (χ2v) is 10.0. The van der Waals surface area contributed by atoms with Crippen molar-refractivity contribution in [2.75, 3.05) is 10.6 Å². The lowest BCUT2D eigenvalue weighted by atomic mass is 10.2. The Morgan fingerprint density at radius 3 is 2.67 bits per heavy atom. The monoisotopic (exact) mass is 596 g/mol. The molecule has 39 heavy (non-hydrogen) atoms. The Morgan fingerprint density at radius 1 is 1.10 bits per heavy atom. The van der Waals surface area contributed by atoms with Crippen LogP contribution in [-0.2, 0) is 10.9 Å². The van der Waals surface area contributed by atoms with Crippen LogP contribution in [-0.4, -0.2) is 37.1 Å². The number of aromatic nitrogens is 5. The zero-order valence-corrected chi connectivity index (χ0v) is 22.0. The average molecular weight is 597 g/mol. The number of rotatable bonds is 8. The molecule has 4 aromatic rings. The Kier molecular flexibility index (Phi) is 7.64. The lowest BCUT2D eigenvalue weighted by molar-refractivity contribution is -0.137. The molecule has 0 saturated carbocycles. The first-order chi connectivity index (χ1) is 18.6. The van der Waals surface area contributed by atoms with E-state index in [1.165, 1.54) is 12.5 Å². The first-order valence-electron chi connectivity index (χ1n) is 11.2. The SMILES string of the molecule is CC(NC1OC1c1ncnc(Nc2ccccn2)c1Cl)c1ncc(C(=O)Nc2cc(C(F)(F)F)c(Cl)cn2)s1. The van der Waals surface area contributed by atoms with Gasteiger partial charge in [0.15, 0.2) is 5.82 Å². The van der Waals surface area contributed by atoms with Crippen LogP contribution in [0.3, 0.4) is 0 Å². The number of pyridine rings is 2. The topological polar surface area (TPSA) is 130 Å². The van der Waals surface area contributed by atoms with Gasteiger partial charge in [0.05, 0.1) is 28.5 Å². The Bertz CT molecular complexity index is 1510. The summed E-state index contributed by atoms with van der Waals surface area (Å²) in [4.78, 5) is 33.4. The Balaban J connectivity index is 1.20. The van der Waals surface area contributed by atoms with Crippen LogP contribution in [0.1, 0.15) is 45.0 Å². The molecule has 5 heterocycles. The average Bonchev–Trinajstić information content (AvgIpc) is 3.46. The predicted octanol–water partition coefficient (Wildman–Crippen LogP) is 5.79. The second-order valence-electron chi connectivity index (χ2n) is 8.19. The molecule has 3 atom stereocenters. The number of hydrogen-bond acceptors (Lipinski definition) is 10. The summed E-state index contributed by atoms with van der Waals surface area (Å²) >= 11 is 13.2. The molecule has 1 saturated heterocycles. The Hall–Kier alpha value is -3.43. The van der Waals surface area contributed by atoms with Crippen LogP contribution < -0.4 is 16.0 Å². The highest BCUT2D eigenvalue weighted by atomic mass is 35.5. The normalized spacial score (nSPS) is 17.5. The largest absolute Gasteiger partial charge is 0.418 e. The molecule has 0 spiro atoms. The molecule has 4 aromatic heterocycles. The maximum atomic E-state index is 13.1. The molecule has 3 N–H and O–H groups in total. The number of nitrogens with zero attached hydrogens (tertiary/aromatic N) is 5. The number of hydrogen-bond donors (Lipinski definition) is 3. The zero-order valence-electron chi connectivity index (χ0n) is 19.7. The smallest absolute Gasteiger partial charge is 0.346 e. The van der Waals surface area contributed by atoms with E-state index in [0.717, 1.165) is 17.5 Å². The first-order valence-corrected chi connectivity index (χ1v) is 12.8. The number of anilines is 3. The van der Waals surface area contributed by atoms with Gasteiger partial charge in [0, 0.05) is 12.4 Å². The van der Waals surface area contributed by atoms with E-state index < -0.39 is 35.0 Å². The second kappa shape index (κ2) is 11.0. The lowest BCUT2D eigenvalue weighted by Crippen LogP contribution is -2.22. The van der Waals surface area contributed by atoms with Gasteiger partial charge in [-0.3, -0.25) is 10.1 Å². The van der Waals surface area contributed by atoms with Crippen molar-refractivity contribution in [3.05, 3.63) is 80.4 Å². The van der Waals surface area contributed by atoms with Crippen molar-refractivity contribution in [3.8, 4) is 0 Å². The molecule has 1 fully saturated rings. The van der Waals surface area contributed by atoms with Gasteiger partial charge in [-0.25, -0.2) is 24.9 Å². The fourth-order valence-electron chi connectivity index (χ4n) is 3.49. The van der Waals surface area contributed by atoms with Gasteiger partial charge < -0.3 is 15.4 Å². The van der Waals surface area contributed by atoms with E-state index in [-0.39, 0.29) is 16.7 Å². The van der Waals surface area contributed by atoms with Gasteiger partial charge in [-0.05, 0) is 25.1 Å². The molecule has 3 unspecified atom stereocenters. The van der Waals surface area contributed by atoms with E-state index in [9.17, 15) is 18.0 Å². The minimum Gasteiger partial charge on any atom is -0.346 e. The molecule has 0 aromatic carbocycles. The molecule has 16 heteroatoms. The molecule has 0 aliphatic carbocycles. The van der Waals surface area contributed by atoms with Crippen molar-refractivity contribution in [1.82, 2.24) is 30.2 Å². The molecule has 1 aliphatic rings. The molecule has 0 bridgehead atoms. The summed E-state index contributed by atoms with van der Waals surface area (Å²) in [5, 5.41) is 8.90. The molecule has 1 aliphatic heterocycles. The molecule has 202 valence electrons. The molecular formula is C23H17Cl2F3N8O2S. The predicted molar refractivity (Wildman–Crippen MR) is 138 cm³/mol. The summed E-state index contributed by atoms with van der Waals surface area (Å²) in [7, 11) is 0. The third kappa shape index (κ3) is 6.25. The summed E-state index contributed by atoms with van der Waals surface area (Å²) in [6, 6.07) is 5.72. The number of halogens is 5. The highest BCUT2D eigenvalue weighted by Gasteiger charge is 2.44. The molecule has 5 rings (SSSR count). The fourth-order valence-corrected chi connectivity index (χ4v) is 4.77. The van der Waals surface area contributed by atoms with Crippen LogP contribution >= 0.6 is 34.5 Å². The number of thiazole rings is 1. The number of amides is 1. The van der Waals surface area contributed by atoms with Crippen molar-refractivity contribution < 1.29 is 22.7 Å². The van der Waals surface area contributed by atoms with E-state index in [1.807, 2.05) is 13.0 Å². The minimum absolute atomic E-state index is 0.182. The van der Waals surface area contributed by atoms with Gasteiger partial charge in [-0.1, -0.05) is 29.3 Å². The van der Waals surface area contributed by atoms with Gasteiger partial charge in [0.1, 0.15) is 45.2 Å². The van der Waals surface area contributed by atoms with E-state index >= 15 is 0 Å². The number of carbonyl (C=O) groups excluding carboxylic acids is 1. The molecular weight excluding hydrogens is 580 g/mol. The van der Waals surface area contributed by atoms with Crippen LogP contribution in [0.25, 0.3) is 0 Å². The van der Waals surface area contributed by atoms with Crippen molar-refractivity contribution in [1.29, 1.82) is 0 Å². The highest BCUT2D eigenvalue weighted by Crippen LogP contribution is 2.42. The van der Waals surface area contributed by atoms with Gasteiger partial charge >= 0.3 is 6.18 Å². The van der Waals surface area contributed by atoms with E-state index in [2.05, 4.69) is 40.9 Å². The molecule has 0 radical (unpaired) electrons. The van der Waals surface area contributed by atoms with Gasteiger partial charge in [-0.15, -0.1) is 11.3 Å². The summed E-state index contributed by atoms with van der Waals surface area (Å²) in [6.07, 6.45) is -0.380. The van der Waals surface area contributed by atoms with Crippen LogP contribution in [0.4, 0.5) is 30.6 Å². The zero-order chi connectivity index (χ0) is 27.7. The highest BCUT2D eigenvalue weighted by molar-refractivity contribution is 7.13. The van der Waals surface area contributed by atoms with E-state index in [4.69, 9.17) is 27.9 Å².